The fourth-order valence-corrected chi connectivity index (χ4v) is 4.29. The molecule has 0 bridgehead atoms. The SMILES string of the molecule is COC(=O)C(NC(N)=O)c1cc(C(C(=O)OC)c2ccc(O)cc2)ccc1O.COC(=O)C(O)NC(=O)NC(C(=O)OC)c1ccc(O)cc1. The molecule has 9 N–H and O–H groups in total. The molecule has 0 aliphatic heterocycles. The first kappa shape index (κ1) is 39.6. The van der Waals surface area contributed by atoms with Crippen molar-refractivity contribution in [2.75, 3.05) is 28.4 Å². The molecule has 4 unspecified atom stereocenters. The highest BCUT2D eigenvalue weighted by Crippen LogP contribution is 2.33. The van der Waals surface area contributed by atoms with Gasteiger partial charge in [-0.15, -0.1) is 0 Å². The number of carbonyl (C=O) groups excluding carboxylic acids is 6. The normalized spacial score (nSPS) is 12.6. The molecule has 0 aliphatic rings. The minimum absolute atomic E-state index is 0.00386. The standard InChI is InChI=1S/C19H20N2O7.C13H16N2O7/c1-27-17(24)15(10-3-6-12(22)7-4-10)11-5-8-14(23)13(9-11)16(18(25)28-2)21-19(20)26;1-21-11(18)9(7-3-5-8(16)6-4-7)14-13(20)15-10(17)12(19)22-2/h3-9,15-16,22-23H,1-2H3,(H3,20,21,26);3-6,9-10,16-17H,1-2H3,(H2,14,15,20). The molecular formula is C32H36N4O14. The average Bonchev–Trinajstić information content (AvgIpc) is 3.10. The quantitative estimate of drug-likeness (QED) is 0.0776. The lowest BCUT2D eigenvalue weighted by molar-refractivity contribution is -0.151. The number of hydrogen-bond donors (Lipinski definition) is 8. The fourth-order valence-electron chi connectivity index (χ4n) is 4.29. The highest BCUT2D eigenvalue weighted by Gasteiger charge is 2.30. The highest BCUT2D eigenvalue weighted by atomic mass is 16.5. The van der Waals surface area contributed by atoms with Gasteiger partial charge in [-0.1, -0.05) is 30.3 Å². The maximum atomic E-state index is 12.4. The van der Waals surface area contributed by atoms with Crippen LogP contribution in [0, 0.1) is 0 Å². The van der Waals surface area contributed by atoms with Crippen LogP contribution in [0.4, 0.5) is 9.59 Å². The lowest BCUT2D eigenvalue weighted by Crippen LogP contribution is -2.48. The van der Waals surface area contributed by atoms with Gasteiger partial charge in [-0.3, -0.25) is 4.79 Å². The number of phenolic OH excluding ortho intramolecular Hbond substituents is 3. The smallest absolute Gasteiger partial charge is 0.356 e. The van der Waals surface area contributed by atoms with Crippen LogP contribution in [0.1, 0.15) is 40.3 Å². The van der Waals surface area contributed by atoms with Crippen molar-refractivity contribution in [3.05, 3.63) is 89.0 Å². The summed E-state index contributed by atoms with van der Waals surface area (Å²) in [5.74, 6) is -4.49. The van der Waals surface area contributed by atoms with Crippen molar-refractivity contribution in [3.8, 4) is 17.2 Å². The first-order chi connectivity index (χ1) is 23.7. The molecule has 0 aromatic heterocycles. The summed E-state index contributed by atoms with van der Waals surface area (Å²) in [5.41, 5.74) is 6.34. The number of primary amides is 1. The number of nitrogens with two attached hydrogens (primary N) is 1. The van der Waals surface area contributed by atoms with E-state index in [0.717, 1.165) is 21.3 Å². The van der Waals surface area contributed by atoms with Gasteiger partial charge in [-0.25, -0.2) is 24.0 Å². The Balaban J connectivity index is 0.000000358. The molecule has 0 fully saturated rings. The first-order valence-electron chi connectivity index (χ1n) is 14.2. The number of esters is 4. The largest absolute Gasteiger partial charge is 0.508 e. The third-order valence-corrected chi connectivity index (χ3v) is 6.71. The molecule has 0 heterocycles. The summed E-state index contributed by atoms with van der Waals surface area (Å²) < 4.78 is 18.3. The number of benzene rings is 3. The first-order valence-corrected chi connectivity index (χ1v) is 14.2. The van der Waals surface area contributed by atoms with Crippen LogP contribution in [-0.2, 0) is 38.1 Å². The summed E-state index contributed by atoms with van der Waals surface area (Å²) in [6, 6.07) is 11.0. The number of ether oxygens (including phenoxy) is 4. The minimum Gasteiger partial charge on any atom is -0.508 e. The molecule has 268 valence electrons. The lowest BCUT2D eigenvalue weighted by Gasteiger charge is -2.20. The summed E-state index contributed by atoms with van der Waals surface area (Å²) in [6.45, 7) is 0. The van der Waals surface area contributed by atoms with Crippen molar-refractivity contribution in [2.24, 2.45) is 5.73 Å². The van der Waals surface area contributed by atoms with Crippen molar-refractivity contribution in [3.63, 3.8) is 0 Å². The molecule has 50 heavy (non-hydrogen) atoms. The third kappa shape index (κ3) is 11.0. The number of amides is 4. The van der Waals surface area contributed by atoms with Gasteiger partial charge in [0.2, 0.25) is 6.23 Å². The molecule has 0 saturated heterocycles. The molecule has 4 amide bonds. The van der Waals surface area contributed by atoms with E-state index < -0.39 is 60.2 Å². The van der Waals surface area contributed by atoms with E-state index in [1.165, 1.54) is 61.7 Å². The Morgan fingerprint density at radius 1 is 0.580 bits per heavy atom. The molecular weight excluding hydrogens is 664 g/mol. The summed E-state index contributed by atoms with van der Waals surface area (Å²) in [5, 5.41) is 44.5. The van der Waals surface area contributed by atoms with Gasteiger partial charge in [0.05, 0.1) is 28.4 Å². The van der Waals surface area contributed by atoms with E-state index in [-0.39, 0.29) is 22.8 Å². The predicted octanol–water partition coefficient (Wildman–Crippen LogP) is 0.682. The van der Waals surface area contributed by atoms with E-state index >= 15 is 0 Å². The topological polar surface area (TPSA) is 282 Å². The monoisotopic (exact) mass is 700 g/mol. The maximum Gasteiger partial charge on any atom is 0.356 e. The zero-order valence-corrected chi connectivity index (χ0v) is 27.1. The number of methoxy groups -OCH3 is 4. The van der Waals surface area contributed by atoms with Crippen LogP contribution in [-0.4, -0.2) is 91.0 Å². The van der Waals surface area contributed by atoms with Gasteiger partial charge in [0.25, 0.3) is 0 Å². The summed E-state index contributed by atoms with van der Waals surface area (Å²) in [6.07, 6.45) is -1.87. The Kier molecular flexibility index (Phi) is 14.8. The number of phenols is 3. The second-order valence-corrected chi connectivity index (χ2v) is 9.92. The minimum atomic E-state index is -1.87. The second-order valence-electron chi connectivity index (χ2n) is 9.92. The van der Waals surface area contributed by atoms with Gasteiger partial charge in [0, 0.05) is 5.56 Å². The Bertz CT molecular complexity index is 1660. The molecule has 0 spiro atoms. The Morgan fingerprint density at radius 2 is 1.04 bits per heavy atom. The highest BCUT2D eigenvalue weighted by molar-refractivity contribution is 5.87. The van der Waals surface area contributed by atoms with Crippen LogP contribution in [0.5, 0.6) is 17.2 Å². The van der Waals surface area contributed by atoms with Crippen LogP contribution in [0.25, 0.3) is 0 Å². The number of urea groups is 2. The fraction of sp³-hybridized carbons (Fsp3) is 0.250. The maximum absolute atomic E-state index is 12.4. The summed E-state index contributed by atoms with van der Waals surface area (Å²) in [7, 11) is 4.52. The van der Waals surface area contributed by atoms with Crippen LogP contribution >= 0.6 is 0 Å². The molecule has 0 saturated carbocycles. The van der Waals surface area contributed by atoms with E-state index in [9.17, 15) is 49.2 Å². The van der Waals surface area contributed by atoms with Gasteiger partial charge in [0.15, 0.2) is 12.1 Å². The van der Waals surface area contributed by atoms with Gasteiger partial charge >= 0.3 is 35.9 Å². The summed E-state index contributed by atoms with van der Waals surface area (Å²) in [4.78, 5) is 70.1. The van der Waals surface area contributed by atoms with Gasteiger partial charge in [-0.05, 0) is 53.1 Å². The van der Waals surface area contributed by atoms with E-state index in [0.29, 0.717) is 16.7 Å². The third-order valence-electron chi connectivity index (χ3n) is 6.71. The number of nitrogens with one attached hydrogen (secondary N) is 3. The average molecular weight is 701 g/mol. The number of carbonyl (C=O) groups is 6. The van der Waals surface area contributed by atoms with Crippen molar-refractivity contribution in [1.29, 1.82) is 0 Å². The lowest BCUT2D eigenvalue weighted by atomic mass is 9.89. The van der Waals surface area contributed by atoms with Crippen LogP contribution in [0.15, 0.2) is 66.7 Å². The molecule has 3 aromatic carbocycles. The number of hydrogen-bond acceptors (Lipinski definition) is 14. The molecule has 18 heteroatoms. The van der Waals surface area contributed by atoms with Gasteiger partial charge < -0.3 is 61.1 Å². The molecule has 0 radical (unpaired) electrons. The zero-order chi connectivity index (χ0) is 37.5. The van der Waals surface area contributed by atoms with Crippen molar-refractivity contribution < 1.29 is 68.1 Å². The molecule has 4 atom stereocenters. The number of rotatable bonds is 11. The van der Waals surface area contributed by atoms with Crippen LogP contribution in [0.3, 0.4) is 0 Å². The van der Waals surface area contributed by atoms with E-state index in [1.807, 2.05) is 5.32 Å². The Hall–Kier alpha value is -6.56. The van der Waals surface area contributed by atoms with Crippen LogP contribution < -0.4 is 21.7 Å². The van der Waals surface area contributed by atoms with E-state index in [1.54, 1.807) is 12.1 Å². The van der Waals surface area contributed by atoms with Crippen molar-refractivity contribution in [1.82, 2.24) is 16.0 Å². The van der Waals surface area contributed by atoms with Crippen molar-refractivity contribution >= 4 is 35.9 Å². The Morgan fingerprint density at radius 3 is 1.52 bits per heavy atom. The van der Waals surface area contributed by atoms with Crippen molar-refractivity contribution in [2.45, 2.75) is 24.2 Å². The van der Waals surface area contributed by atoms with E-state index in [2.05, 4.69) is 24.8 Å². The predicted molar refractivity (Wildman–Crippen MR) is 170 cm³/mol. The molecule has 0 aliphatic carbocycles. The second kappa shape index (κ2) is 18.7. The van der Waals surface area contributed by atoms with Crippen LogP contribution in [0.2, 0.25) is 0 Å². The van der Waals surface area contributed by atoms with Gasteiger partial charge in [-0.2, -0.15) is 0 Å². The molecule has 18 nitrogen and oxygen atoms in total. The Labute approximate surface area is 284 Å². The van der Waals surface area contributed by atoms with E-state index in [4.69, 9.17) is 10.5 Å². The molecule has 3 aromatic rings. The number of aliphatic hydroxyl groups excluding tert-OH is 1. The summed E-state index contributed by atoms with van der Waals surface area (Å²) >= 11 is 0. The van der Waals surface area contributed by atoms with Gasteiger partial charge in [0.1, 0.15) is 23.2 Å². The zero-order valence-electron chi connectivity index (χ0n) is 27.1. The molecule has 3 rings (SSSR count). The number of aromatic hydroxyl groups is 3. The number of aliphatic hydroxyl groups is 1.